The van der Waals surface area contributed by atoms with E-state index in [0.29, 0.717) is 12.3 Å². The maximum atomic E-state index is 11.0. The first-order valence-electron chi connectivity index (χ1n) is 4.77. The molecule has 2 atom stereocenters. The maximum Gasteiger partial charge on any atom is 0.302 e. The second-order valence-electron chi connectivity index (χ2n) is 3.91. The van der Waals surface area contributed by atoms with Gasteiger partial charge in [0.2, 0.25) is 0 Å². The van der Waals surface area contributed by atoms with Crippen LogP contribution >= 0.6 is 0 Å². The second kappa shape index (κ2) is 5.75. The number of carbonyl (C=O) groups excluding carboxylic acids is 2. The highest BCUT2D eigenvalue weighted by Crippen LogP contribution is 2.11. The van der Waals surface area contributed by atoms with E-state index < -0.39 is 18.1 Å². The molecule has 0 amide bonds. The summed E-state index contributed by atoms with van der Waals surface area (Å²) in [5.41, 5.74) is 5.63. The Morgan fingerprint density at radius 3 is 2.07 bits per heavy atom. The van der Waals surface area contributed by atoms with E-state index in [1.807, 2.05) is 13.8 Å². The molecule has 4 heteroatoms. The third kappa shape index (κ3) is 4.97. The molecule has 0 fully saturated rings. The molecule has 0 aromatic heterocycles. The number of Topliss-reactive ketones (excluding diaryl/α,β-unsaturated/α-hetero) is 1. The van der Waals surface area contributed by atoms with Gasteiger partial charge in [0, 0.05) is 6.92 Å². The molecule has 0 aliphatic carbocycles. The van der Waals surface area contributed by atoms with Crippen molar-refractivity contribution in [2.45, 2.75) is 46.3 Å². The lowest BCUT2D eigenvalue weighted by atomic mass is 9.98. The summed E-state index contributed by atoms with van der Waals surface area (Å²) in [5, 5.41) is 0. The van der Waals surface area contributed by atoms with Crippen molar-refractivity contribution in [3.05, 3.63) is 0 Å². The third-order valence-electron chi connectivity index (χ3n) is 1.89. The van der Waals surface area contributed by atoms with Gasteiger partial charge < -0.3 is 10.5 Å². The van der Waals surface area contributed by atoms with Gasteiger partial charge in [-0.1, -0.05) is 13.8 Å². The Bertz CT molecular complexity index is 213. The molecule has 0 aromatic rings. The Morgan fingerprint density at radius 2 is 1.79 bits per heavy atom. The van der Waals surface area contributed by atoms with Crippen LogP contribution in [0.15, 0.2) is 0 Å². The van der Waals surface area contributed by atoms with Crippen LogP contribution in [0.5, 0.6) is 0 Å². The van der Waals surface area contributed by atoms with E-state index in [1.165, 1.54) is 13.8 Å². The minimum Gasteiger partial charge on any atom is -0.460 e. The molecule has 0 rings (SSSR count). The summed E-state index contributed by atoms with van der Waals surface area (Å²) < 4.78 is 5.00. The summed E-state index contributed by atoms with van der Waals surface area (Å²) in [6, 6.07) is -0.707. The molecule has 4 nitrogen and oxygen atoms in total. The van der Waals surface area contributed by atoms with E-state index in [1.54, 1.807) is 0 Å². The highest BCUT2D eigenvalue weighted by molar-refractivity contribution is 5.82. The first-order chi connectivity index (χ1) is 6.34. The lowest BCUT2D eigenvalue weighted by molar-refractivity contribution is -0.149. The quantitative estimate of drug-likeness (QED) is 0.670. The van der Waals surface area contributed by atoms with Crippen LogP contribution in [0, 0.1) is 5.92 Å². The van der Waals surface area contributed by atoms with Crippen LogP contribution in [0.4, 0.5) is 0 Å². The van der Waals surface area contributed by atoms with E-state index >= 15 is 0 Å². The predicted octanol–water partition coefficient (Wildman–Crippen LogP) is 0.880. The van der Waals surface area contributed by atoms with Crippen LogP contribution in [0.2, 0.25) is 0 Å². The molecule has 82 valence electrons. The standard InChI is InChI=1S/C10H19NO3/c1-6(2)5-9(14-8(4)13)10(11)7(3)12/h6,9-10H,5,11H2,1-4H3. The Labute approximate surface area is 84.8 Å². The number of nitrogens with two attached hydrogens (primary N) is 1. The lowest BCUT2D eigenvalue weighted by Gasteiger charge is -2.23. The third-order valence-corrected chi connectivity index (χ3v) is 1.89. The SMILES string of the molecule is CC(=O)OC(CC(C)C)C(N)C(C)=O. The van der Waals surface area contributed by atoms with Crippen molar-refractivity contribution >= 4 is 11.8 Å². The summed E-state index contributed by atoms with van der Waals surface area (Å²) in [5.74, 6) is -0.214. The monoisotopic (exact) mass is 201 g/mol. The number of rotatable bonds is 5. The topological polar surface area (TPSA) is 69.4 Å². The number of ketones is 1. The average molecular weight is 201 g/mol. The molecule has 0 aromatic carbocycles. The smallest absolute Gasteiger partial charge is 0.302 e. The summed E-state index contributed by atoms with van der Waals surface area (Å²) in [6.45, 7) is 6.70. The first kappa shape index (κ1) is 13.1. The molecule has 0 spiro atoms. The van der Waals surface area contributed by atoms with E-state index in [-0.39, 0.29) is 5.78 Å². The molecular weight excluding hydrogens is 182 g/mol. The van der Waals surface area contributed by atoms with E-state index in [4.69, 9.17) is 10.5 Å². The zero-order valence-electron chi connectivity index (χ0n) is 9.24. The van der Waals surface area contributed by atoms with E-state index in [0.717, 1.165) is 0 Å². The normalized spacial score (nSPS) is 15.0. The molecule has 14 heavy (non-hydrogen) atoms. The average Bonchev–Trinajstić information content (AvgIpc) is 1.99. The van der Waals surface area contributed by atoms with E-state index in [2.05, 4.69) is 0 Å². The molecule has 0 bridgehead atoms. The number of carbonyl (C=O) groups is 2. The van der Waals surface area contributed by atoms with Gasteiger partial charge in [-0.25, -0.2) is 0 Å². The van der Waals surface area contributed by atoms with Crippen molar-refractivity contribution < 1.29 is 14.3 Å². The van der Waals surface area contributed by atoms with Crippen LogP contribution < -0.4 is 5.73 Å². The van der Waals surface area contributed by atoms with Crippen LogP contribution in [-0.4, -0.2) is 23.9 Å². The second-order valence-corrected chi connectivity index (χ2v) is 3.91. The molecule has 2 unspecified atom stereocenters. The van der Waals surface area contributed by atoms with Gasteiger partial charge in [-0.2, -0.15) is 0 Å². The van der Waals surface area contributed by atoms with Crippen LogP contribution in [0.1, 0.15) is 34.1 Å². The molecule has 0 heterocycles. The van der Waals surface area contributed by atoms with Crippen LogP contribution in [0.25, 0.3) is 0 Å². The first-order valence-corrected chi connectivity index (χ1v) is 4.77. The molecule has 0 saturated heterocycles. The van der Waals surface area contributed by atoms with E-state index in [9.17, 15) is 9.59 Å². The number of ether oxygens (including phenoxy) is 1. The van der Waals surface area contributed by atoms with Crippen molar-refractivity contribution in [2.75, 3.05) is 0 Å². The fraction of sp³-hybridized carbons (Fsp3) is 0.800. The number of hydrogen-bond donors (Lipinski definition) is 1. The van der Waals surface area contributed by atoms with Crippen molar-refractivity contribution in [1.82, 2.24) is 0 Å². The number of hydrogen-bond acceptors (Lipinski definition) is 4. The fourth-order valence-corrected chi connectivity index (χ4v) is 1.21. The molecule has 0 aliphatic rings. The highest BCUT2D eigenvalue weighted by Gasteiger charge is 2.25. The summed E-state index contributed by atoms with van der Waals surface area (Å²) >= 11 is 0. The van der Waals surface area contributed by atoms with Crippen molar-refractivity contribution in [2.24, 2.45) is 11.7 Å². The van der Waals surface area contributed by atoms with Gasteiger partial charge in [-0.05, 0) is 19.3 Å². The van der Waals surface area contributed by atoms with Gasteiger partial charge in [0.15, 0.2) is 0 Å². The van der Waals surface area contributed by atoms with Crippen molar-refractivity contribution in [1.29, 1.82) is 0 Å². The minimum atomic E-state index is -0.707. The molecule has 2 N–H and O–H groups in total. The minimum absolute atomic E-state index is 0.156. The summed E-state index contributed by atoms with van der Waals surface area (Å²) in [7, 11) is 0. The molecule has 0 radical (unpaired) electrons. The van der Waals surface area contributed by atoms with Gasteiger partial charge in [0.05, 0.1) is 0 Å². The zero-order valence-corrected chi connectivity index (χ0v) is 9.24. The largest absolute Gasteiger partial charge is 0.460 e. The summed E-state index contributed by atoms with van der Waals surface area (Å²) in [4.78, 5) is 21.8. The number of esters is 1. The van der Waals surface area contributed by atoms with Gasteiger partial charge >= 0.3 is 5.97 Å². The van der Waals surface area contributed by atoms with Gasteiger partial charge in [0.25, 0.3) is 0 Å². The van der Waals surface area contributed by atoms with Gasteiger partial charge in [-0.3, -0.25) is 9.59 Å². The summed E-state index contributed by atoms with van der Waals surface area (Å²) in [6.07, 6.45) is 0.116. The van der Waals surface area contributed by atoms with Gasteiger partial charge in [-0.15, -0.1) is 0 Å². The maximum absolute atomic E-state index is 11.0. The van der Waals surface area contributed by atoms with Crippen molar-refractivity contribution in [3.8, 4) is 0 Å². The predicted molar refractivity (Wildman–Crippen MR) is 53.7 cm³/mol. The molecular formula is C10H19NO3. The fourth-order valence-electron chi connectivity index (χ4n) is 1.21. The molecule has 0 saturated carbocycles. The van der Waals surface area contributed by atoms with Crippen LogP contribution in [0.3, 0.4) is 0 Å². The van der Waals surface area contributed by atoms with Gasteiger partial charge in [0.1, 0.15) is 17.9 Å². The molecule has 0 aliphatic heterocycles. The zero-order chi connectivity index (χ0) is 11.3. The Hall–Kier alpha value is -0.900. The Morgan fingerprint density at radius 1 is 1.29 bits per heavy atom. The van der Waals surface area contributed by atoms with Crippen LogP contribution in [-0.2, 0) is 14.3 Å². The lowest BCUT2D eigenvalue weighted by Crippen LogP contribution is -2.43. The Balaban J connectivity index is 4.37. The van der Waals surface area contributed by atoms with Crippen molar-refractivity contribution in [3.63, 3.8) is 0 Å². The Kier molecular flexibility index (Phi) is 5.38. The highest BCUT2D eigenvalue weighted by atomic mass is 16.5.